The number of aromatic nitrogens is 4. The SMILES string of the molecule is Cn1c(=O)c2c(ncn2Cc2ccc(C(=O)N3CCCC3)cc2)n(C)c1=O. The lowest BCUT2D eigenvalue weighted by Crippen LogP contribution is -2.37. The predicted molar refractivity (Wildman–Crippen MR) is 101 cm³/mol. The van der Waals surface area contributed by atoms with Crippen LogP contribution in [0.5, 0.6) is 0 Å². The van der Waals surface area contributed by atoms with E-state index in [1.165, 1.54) is 11.6 Å². The molecule has 0 unspecified atom stereocenters. The fourth-order valence-corrected chi connectivity index (χ4v) is 3.57. The normalized spacial score (nSPS) is 14.2. The Labute approximate surface area is 155 Å². The summed E-state index contributed by atoms with van der Waals surface area (Å²) in [5.41, 5.74) is 1.60. The van der Waals surface area contributed by atoms with Crippen LogP contribution in [0.15, 0.2) is 40.2 Å². The third-order valence-electron chi connectivity index (χ3n) is 5.16. The molecule has 3 aromatic rings. The highest BCUT2D eigenvalue weighted by atomic mass is 16.2. The van der Waals surface area contributed by atoms with Crippen LogP contribution in [0.2, 0.25) is 0 Å². The molecule has 1 amide bonds. The maximum Gasteiger partial charge on any atom is 0.332 e. The largest absolute Gasteiger partial charge is 0.339 e. The number of hydrogen-bond acceptors (Lipinski definition) is 4. The van der Waals surface area contributed by atoms with E-state index < -0.39 is 5.69 Å². The number of amides is 1. The van der Waals surface area contributed by atoms with Crippen molar-refractivity contribution in [3.63, 3.8) is 0 Å². The Morgan fingerprint density at radius 1 is 1.04 bits per heavy atom. The second kappa shape index (κ2) is 6.53. The molecular formula is C19H21N5O3. The first-order valence-electron chi connectivity index (χ1n) is 8.96. The van der Waals surface area contributed by atoms with Crippen LogP contribution in [0.3, 0.4) is 0 Å². The number of aryl methyl sites for hydroxylation is 1. The standard InChI is InChI=1S/C19H21N5O3/c1-21-16-15(18(26)22(2)19(21)27)24(12-20-16)11-13-5-7-14(8-6-13)17(25)23-9-3-4-10-23/h5-8,12H,3-4,9-11H2,1-2H3. The van der Waals surface area contributed by atoms with E-state index in [0.29, 0.717) is 23.3 Å². The van der Waals surface area contributed by atoms with Crippen LogP contribution in [0.1, 0.15) is 28.8 Å². The molecule has 1 aromatic carbocycles. The molecule has 0 saturated carbocycles. The molecule has 0 aliphatic carbocycles. The van der Waals surface area contributed by atoms with Gasteiger partial charge in [-0.25, -0.2) is 9.78 Å². The first-order valence-corrected chi connectivity index (χ1v) is 8.96. The van der Waals surface area contributed by atoms with Crippen molar-refractivity contribution in [1.29, 1.82) is 0 Å². The molecule has 0 N–H and O–H groups in total. The maximum absolute atomic E-state index is 12.5. The van der Waals surface area contributed by atoms with E-state index >= 15 is 0 Å². The number of nitrogens with zero attached hydrogens (tertiary/aromatic N) is 5. The third kappa shape index (κ3) is 2.87. The lowest BCUT2D eigenvalue weighted by molar-refractivity contribution is 0.0793. The molecule has 0 radical (unpaired) electrons. The van der Waals surface area contributed by atoms with Crippen LogP contribution in [0.4, 0.5) is 0 Å². The minimum Gasteiger partial charge on any atom is -0.339 e. The fraction of sp³-hybridized carbons (Fsp3) is 0.368. The summed E-state index contributed by atoms with van der Waals surface area (Å²) in [7, 11) is 3.06. The van der Waals surface area contributed by atoms with Gasteiger partial charge in [-0.2, -0.15) is 0 Å². The summed E-state index contributed by atoms with van der Waals surface area (Å²) in [6.45, 7) is 2.08. The highest BCUT2D eigenvalue weighted by Crippen LogP contribution is 2.15. The van der Waals surface area contributed by atoms with E-state index in [1.807, 2.05) is 29.2 Å². The molecule has 1 fully saturated rings. The van der Waals surface area contributed by atoms with E-state index in [1.54, 1.807) is 17.9 Å². The fourth-order valence-electron chi connectivity index (χ4n) is 3.57. The van der Waals surface area contributed by atoms with Crippen LogP contribution < -0.4 is 11.2 Å². The van der Waals surface area contributed by atoms with E-state index in [0.717, 1.165) is 36.1 Å². The van der Waals surface area contributed by atoms with E-state index in [4.69, 9.17) is 0 Å². The Morgan fingerprint density at radius 2 is 1.70 bits per heavy atom. The number of imidazole rings is 1. The average molecular weight is 367 g/mol. The monoisotopic (exact) mass is 367 g/mol. The molecule has 1 aliphatic rings. The highest BCUT2D eigenvalue weighted by Gasteiger charge is 2.19. The van der Waals surface area contributed by atoms with Gasteiger partial charge in [-0.05, 0) is 30.5 Å². The van der Waals surface area contributed by atoms with Gasteiger partial charge in [-0.15, -0.1) is 0 Å². The van der Waals surface area contributed by atoms with Crippen molar-refractivity contribution in [2.45, 2.75) is 19.4 Å². The summed E-state index contributed by atoms with van der Waals surface area (Å²) >= 11 is 0. The first kappa shape index (κ1) is 17.3. The van der Waals surface area contributed by atoms with Crippen molar-refractivity contribution < 1.29 is 4.79 Å². The Hall–Kier alpha value is -3.16. The van der Waals surface area contributed by atoms with Crippen molar-refractivity contribution >= 4 is 17.1 Å². The van der Waals surface area contributed by atoms with Crippen LogP contribution >= 0.6 is 0 Å². The van der Waals surface area contributed by atoms with E-state index in [9.17, 15) is 14.4 Å². The number of rotatable bonds is 3. The van der Waals surface area contributed by atoms with Gasteiger partial charge < -0.3 is 9.47 Å². The summed E-state index contributed by atoms with van der Waals surface area (Å²) in [6.07, 6.45) is 3.69. The Kier molecular flexibility index (Phi) is 4.18. The first-order chi connectivity index (χ1) is 13.0. The molecule has 140 valence electrons. The van der Waals surface area contributed by atoms with Gasteiger partial charge in [0.2, 0.25) is 0 Å². The molecule has 8 nitrogen and oxygen atoms in total. The Bertz CT molecular complexity index is 1130. The molecule has 4 rings (SSSR count). The lowest BCUT2D eigenvalue weighted by Gasteiger charge is -2.15. The molecule has 0 atom stereocenters. The number of carbonyl (C=O) groups excluding carboxylic acids is 1. The second-order valence-corrected chi connectivity index (χ2v) is 6.95. The van der Waals surface area contributed by atoms with E-state index in [-0.39, 0.29) is 11.5 Å². The average Bonchev–Trinajstić information content (AvgIpc) is 3.35. The number of likely N-dealkylation sites (tertiary alicyclic amines) is 1. The molecule has 1 saturated heterocycles. The molecule has 27 heavy (non-hydrogen) atoms. The zero-order chi connectivity index (χ0) is 19.1. The van der Waals surface area contributed by atoms with E-state index in [2.05, 4.69) is 4.98 Å². The lowest BCUT2D eigenvalue weighted by atomic mass is 10.1. The van der Waals surface area contributed by atoms with Gasteiger partial charge in [0.15, 0.2) is 11.2 Å². The summed E-state index contributed by atoms with van der Waals surface area (Å²) in [6, 6.07) is 7.43. The van der Waals surface area contributed by atoms with Crippen LogP contribution in [0, 0.1) is 0 Å². The molecular weight excluding hydrogens is 346 g/mol. The molecule has 8 heteroatoms. The molecule has 2 aromatic heterocycles. The van der Waals surface area contributed by atoms with Crippen molar-refractivity contribution in [3.8, 4) is 0 Å². The number of carbonyl (C=O) groups is 1. The van der Waals surface area contributed by atoms with Gasteiger partial charge >= 0.3 is 5.69 Å². The maximum atomic E-state index is 12.5. The second-order valence-electron chi connectivity index (χ2n) is 6.95. The minimum atomic E-state index is -0.400. The van der Waals surface area contributed by atoms with Gasteiger partial charge in [0.05, 0.1) is 6.33 Å². The van der Waals surface area contributed by atoms with Gasteiger partial charge in [0, 0.05) is 39.3 Å². The molecule has 0 spiro atoms. The topological polar surface area (TPSA) is 82.1 Å². The number of fused-ring (bicyclic) bond motifs is 1. The molecule has 0 bridgehead atoms. The van der Waals surface area contributed by atoms with Crippen LogP contribution in [-0.2, 0) is 20.6 Å². The summed E-state index contributed by atoms with van der Waals surface area (Å²) < 4.78 is 4.18. The third-order valence-corrected chi connectivity index (χ3v) is 5.16. The van der Waals surface area contributed by atoms with Gasteiger partial charge in [0.1, 0.15) is 0 Å². The van der Waals surface area contributed by atoms with Crippen LogP contribution in [-0.4, -0.2) is 42.6 Å². The van der Waals surface area contributed by atoms with Crippen molar-refractivity contribution in [2.24, 2.45) is 14.1 Å². The van der Waals surface area contributed by atoms with Gasteiger partial charge in [0.25, 0.3) is 11.5 Å². The smallest absolute Gasteiger partial charge is 0.332 e. The number of benzene rings is 1. The summed E-state index contributed by atoms with van der Waals surface area (Å²) in [5.74, 6) is 0.0657. The quantitative estimate of drug-likeness (QED) is 0.683. The molecule has 3 heterocycles. The number of hydrogen-bond donors (Lipinski definition) is 0. The molecule has 1 aliphatic heterocycles. The minimum absolute atomic E-state index is 0.0657. The zero-order valence-electron chi connectivity index (χ0n) is 15.4. The van der Waals surface area contributed by atoms with Crippen LogP contribution in [0.25, 0.3) is 11.2 Å². The summed E-state index contributed by atoms with van der Waals surface area (Å²) in [5, 5.41) is 0. The predicted octanol–water partition coefficient (Wildman–Crippen LogP) is 0.718. The summed E-state index contributed by atoms with van der Waals surface area (Å²) in [4.78, 5) is 43.1. The Morgan fingerprint density at radius 3 is 2.37 bits per heavy atom. The zero-order valence-corrected chi connectivity index (χ0v) is 15.4. The van der Waals surface area contributed by atoms with Gasteiger partial charge in [-0.1, -0.05) is 12.1 Å². The van der Waals surface area contributed by atoms with Crippen molar-refractivity contribution in [3.05, 3.63) is 62.6 Å². The Balaban J connectivity index is 1.64. The van der Waals surface area contributed by atoms with Gasteiger partial charge in [-0.3, -0.25) is 18.7 Å². The van der Waals surface area contributed by atoms with Crippen molar-refractivity contribution in [1.82, 2.24) is 23.6 Å². The van der Waals surface area contributed by atoms with Crippen molar-refractivity contribution in [2.75, 3.05) is 13.1 Å². The highest BCUT2D eigenvalue weighted by molar-refractivity contribution is 5.94.